The lowest BCUT2D eigenvalue weighted by Crippen LogP contribution is -2.30. The largest absolute Gasteiger partial charge is 0.298 e. The van der Waals surface area contributed by atoms with Gasteiger partial charge in [-0.15, -0.1) is 0 Å². The number of carbonyl (C=O) groups excluding carboxylic acids is 1. The van der Waals surface area contributed by atoms with Crippen molar-refractivity contribution >= 4 is 21.6 Å². The summed E-state index contributed by atoms with van der Waals surface area (Å²) in [5.74, 6) is -0.259. The van der Waals surface area contributed by atoms with Crippen molar-refractivity contribution in [3.8, 4) is 0 Å². The molecule has 162 valence electrons. The van der Waals surface area contributed by atoms with E-state index in [1.54, 1.807) is 24.3 Å². The second-order valence-electron chi connectivity index (χ2n) is 7.85. The van der Waals surface area contributed by atoms with Crippen LogP contribution >= 0.6 is 0 Å². The second-order valence-corrected chi connectivity index (χ2v) is 9.57. The number of hydrazine groups is 1. The van der Waals surface area contributed by atoms with Gasteiger partial charge < -0.3 is 0 Å². The Morgan fingerprint density at radius 3 is 2.23 bits per heavy atom. The number of hydrogen-bond donors (Lipinski definition) is 3. The fourth-order valence-corrected chi connectivity index (χ4v) is 4.37. The SMILES string of the molecule is CCN(Cc1ccc(C(=O)NNc2ccc(S(=O)(=O)NC3CC3)cc2)cc1)C(C)C. The highest BCUT2D eigenvalue weighted by Gasteiger charge is 2.27. The van der Waals surface area contributed by atoms with Crippen molar-refractivity contribution < 1.29 is 13.2 Å². The Hall–Kier alpha value is -2.42. The zero-order chi connectivity index (χ0) is 21.7. The molecule has 0 aromatic heterocycles. The third-order valence-corrected chi connectivity index (χ3v) is 6.66. The fourth-order valence-electron chi connectivity index (χ4n) is 3.06. The molecule has 1 aliphatic rings. The lowest BCUT2D eigenvalue weighted by molar-refractivity contribution is 0.0962. The van der Waals surface area contributed by atoms with Crippen molar-refractivity contribution in [2.75, 3.05) is 12.0 Å². The maximum Gasteiger partial charge on any atom is 0.269 e. The van der Waals surface area contributed by atoms with Crippen LogP contribution in [0.2, 0.25) is 0 Å². The van der Waals surface area contributed by atoms with Crippen LogP contribution in [0.4, 0.5) is 5.69 Å². The molecule has 2 aromatic rings. The molecule has 1 amide bonds. The monoisotopic (exact) mass is 430 g/mol. The van der Waals surface area contributed by atoms with Crippen molar-refractivity contribution in [3.63, 3.8) is 0 Å². The first kappa shape index (κ1) is 22.3. The molecule has 7 nitrogen and oxygen atoms in total. The zero-order valence-electron chi connectivity index (χ0n) is 17.7. The summed E-state index contributed by atoms with van der Waals surface area (Å²) >= 11 is 0. The van der Waals surface area contributed by atoms with Gasteiger partial charge in [0.2, 0.25) is 10.0 Å². The Kier molecular flexibility index (Phi) is 7.12. The van der Waals surface area contributed by atoms with Crippen molar-refractivity contribution in [1.82, 2.24) is 15.0 Å². The minimum absolute atomic E-state index is 0.0638. The van der Waals surface area contributed by atoms with E-state index in [1.807, 2.05) is 12.1 Å². The van der Waals surface area contributed by atoms with Crippen LogP contribution in [0, 0.1) is 0 Å². The van der Waals surface area contributed by atoms with E-state index in [0.29, 0.717) is 17.3 Å². The van der Waals surface area contributed by atoms with Crippen LogP contribution in [0.15, 0.2) is 53.4 Å². The molecule has 1 fully saturated rings. The van der Waals surface area contributed by atoms with E-state index < -0.39 is 10.0 Å². The number of benzene rings is 2. The summed E-state index contributed by atoms with van der Waals surface area (Å²) in [5, 5.41) is 0. The molecule has 3 N–H and O–H groups in total. The summed E-state index contributed by atoms with van der Waals surface area (Å²) in [4.78, 5) is 14.9. The first-order chi connectivity index (χ1) is 14.3. The minimum atomic E-state index is -3.48. The molecule has 2 aromatic carbocycles. The van der Waals surface area contributed by atoms with Gasteiger partial charge in [0.1, 0.15) is 0 Å². The molecule has 0 unspecified atom stereocenters. The van der Waals surface area contributed by atoms with Crippen molar-refractivity contribution in [2.45, 2.75) is 57.1 Å². The Morgan fingerprint density at radius 2 is 1.70 bits per heavy atom. The molecule has 0 aliphatic heterocycles. The van der Waals surface area contributed by atoms with Gasteiger partial charge in [0.25, 0.3) is 5.91 Å². The van der Waals surface area contributed by atoms with Crippen LogP contribution in [0.1, 0.15) is 49.5 Å². The topological polar surface area (TPSA) is 90.5 Å². The molecule has 1 saturated carbocycles. The van der Waals surface area contributed by atoms with E-state index in [0.717, 1.165) is 31.5 Å². The molecule has 0 atom stereocenters. The van der Waals surface area contributed by atoms with Crippen LogP contribution in [-0.2, 0) is 16.6 Å². The average Bonchev–Trinajstić information content (AvgIpc) is 3.54. The number of nitrogens with zero attached hydrogens (tertiary/aromatic N) is 1. The maximum atomic E-state index is 12.4. The number of sulfonamides is 1. The molecule has 3 rings (SSSR count). The van der Waals surface area contributed by atoms with E-state index in [1.165, 1.54) is 12.1 Å². The van der Waals surface area contributed by atoms with E-state index in [2.05, 4.69) is 41.2 Å². The first-order valence-electron chi connectivity index (χ1n) is 10.3. The highest BCUT2D eigenvalue weighted by Crippen LogP contribution is 2.22. The molecular weight excluding hydrogens is 400 g/mol. The summed E-state index contributed by atoms with van der Waals surface area (Å²) in [7, 11) is -3.48. The predicted octanol–water partition coefficient (Wildman–Crippen LogP) is 3.11. The lowest BCUT2D eigenvalue weighted by atomic mass is 10.1. The highest BCUT2D eigenvalue weighted by atomic mass is 32.2. The van der Waals surface area contributed by atoms with Crippen LogP contribution in [0.5, 0.6) is 0 Å². The highest BCUT2D eigenvalue weighted by molar-refractivity contribution is 7.89. The van der Waals surface area contributed by atoms with Gasteiger partial charge in [-0.2, -0.15) is 0 Å². The predicted molar refractivity (Wildman–Crippen MR) is 119 cm³/mol. The van der Waals surface area contributed by atoms with Crippen LogP contribution < -0.4 is 15.6 Å². The molecule has 0 heterocycles. The van der Waals surface area contributed by atoms with Crippen molar-refractivity contribution in [3.05, 3.63) is 59.7 Å². The van der Waals surface area contributed by atoms with Gasteiger partial charge in [0.15, 0.2) is 0 Å². The molecule has 8 heteroatoms. The van der Waals surface area contributed by atoms with E-state index in [-0.39, 0.29) is 16.8 Å². The number of amides is 1. The summed E-state index contributed by atoms with van der Waals surface area (Å²) in [6, 6.07) is 14.3. The Bertz CT molecular complexity index is 953. The Balaban J connectivity index is 1.53. The quantitative estimate of drug-likeness (QED) is 0.504. The molecule has 30 heavy (non-hydrogen) atoms. The molecule has 0 bridgehead atoms. The molecular formula is C22H30N4O3S. The van der Waals surface area contributed by atoms with E-state index in [9.17, 15) is 13.2 Å². The fraction of sp³-hybridized carbons (Fsp3) is 0.409. The maximum absolute atomic E-state index is 12.4. The molecule has 0 radical (unpaired) electrons. The normalized spacial score (nSPS) is 14.2. The number of anilines is 1. The lowest BCUT2D eigenvalue weighted by Gasteiger charge is -2.24. The molecule has 0 saturated heterocycles. The van der Waals surface area contributed by atoms with Crippen LogP contribution in [0.25, 0.3) is 0 Å². The summed E-state index contributed by atoms with van der Waals surface area (Å²) in [5.41, 5.74) is 7.77. The summed E-state index contributed by atoms with van der Waals surface area (Å²) in [6.45, 7) is 8.30. The van der Waals surface area contributed by atoms with Crippen molar-refractivity contribution in [2.24, 2.45) is 0 Å². The smallest absolute Gasteiger partial charge is 0.269 e. The van der Waals surface area contributed by atoms with Gasteiger partial charge in [-0.25, -0.2) is 13.1 Å². The Labute approximate surface area is 178 Å². The number of carbonyl (C=O) groups is 1. The molecule has 0 spiro atoms. The standard InChI is InChI=1S/C22H30N4O3S/c1-4-26(16(2)3)15-17-5-7-18(8-6-17)22(27)24-23-19-11-13-21(14-12-19)30(28,29)25-20-9-10-20/h5-8,11-14,16,20,23,25H,4,9-10,15H2,1-3H3,(H,24,27). The van der Waals surface area contributed by atoms with Gasteiger partial charge >= 0.3 is 0 Å². The Morgan fingerprint density at radius 1 is 1.07 bits per heavy atom. The van der Waals surface area contributed by atoms with E-state index in [4.69, 9.17) is 0 Å². The van der Waals surface area contributed by atoms with Crippen LogP contribution in [-0.4, -0.2) is 37.9 Å². The summed E-state index contributed by atoms with van der Waals surface area (Å²) in [6.07, 6.45) is 1.78. The third-order valence-electron chi connectivity index (χ3n) is 5.12. The minimum Gasteiger partial charge on any atom is -0.298 e. The van der Waals surface area contributed by atoms with Gasteiger partial charge in [-0.1, -0.05) is 19.1 Å². The first-order valence-corrected chi connectivity index (χ1v) is 11.8. The summed E-state index contributed by atoms with van der Waals surface area (Å²) < 4.78 is 27.0. The average molecular weight is 431 g/mol. The van der Waals surface area contributed by atoms with Crippen LogP contribution in [0.3, 0.4) is 0 Å². The molecule has 1 aliphatic carbocycles. The zero-order valence-corrected chi connectivity index (χ0v) is 18.5. The number of nitrogens with one attached hydrogen (secondary N) is 3. The van der Waals surface area contributed by atoms with Gasteiger partial charge in [-0.3, -0.25) is 20.5 Å². The van der Waals surface area contributed by atoms with Gasteiger partial charge in [-0.05, 0) is 75.2 Å². The number of rotatable bonds is 10. The van der Waals surface area contributed by atoms with Gasteiger partial charge in [0, 0.05) is 24.2 Å². The second kappa shape index (κ2) is 9.59. The van der Waals surface area contributed by atoms with Gasteiger partial charge in [0.05, 0.1) is 10.6 Å². The van der Waals surface area contributed by atoms with Crippen molar-refractivity contribution in [1.29, 1.82) is 0 Å². The number of hydrogen-bond acceptors (Lipinski definition) is 5. The van der Waals surface area contributed by atoms with E-state index >= 15 is 0 Å². The third kappa shape index (κ3) is 6.04.